The predicted molar refractivity (Wildman–Crippen MR) is 111 cm³/mol. The Hall–Kier alpha value is -3.52. The number of urea groups is 1. The van der Waals surface area contributed by atoms with Crippen LogP contribution in [0.4, 0.5) is 21.9 Å². The van der Waals surface area contributed by atoms with Crippen molar-refractivity contribution in [1.82, 2.24) is 0 Å². The summed E-state index contributed by atoms with van der Waals surface area (Å²) in [4.78, 5) is 12.1. The van der Waals surface area contributed by atoms with Crippen molar-refractivity contribution in [1.29, 1.82) is 0 Å². The summed E-state index contributed by atoms with van der Waals surface area (Å²) in [7, 11) is -3.34. The molecule has 0 bridgehead atoms. The van der Waals surface area contributed by atoms with E-state index in [-0.39, 0.29) is 0 Å². The Bertz CT molecular complexity index is 1040. The third-order valence-corrected chi connectivity index (χ3v) is 4.14. The normalized spacial score (nSPS) is 10.8. The lowest BCUT2D eigenvalue weighted by Crippen LogP contribution is -2.19. The lowest BCUT2D eigenvalue weighted by Gasteiger charge is -2.10. The molecule has 2 amide bonds. The molecular weight excluding hydrogens is 378 g/mol. The maximum atomic E-state index is 12.1. The monoisotopic (exact) mass is 397 g/mol. The topological polar surface area (TPSA) is 96.5 Å². The average molecular weight is 397 g/mol. The van der Waals surface area contributed by atoms with Gasteiger partial charge in [0.2, 0.25) is 10.0 Å². The van der Waals surface area contributed by atoms with Crippen LogP contribution in [0.2, 0.25) is 0 Å². The van der Waals surface area contributed by atoms with Gasteiger partial charge in [0.05, 0.1) is 6.26 Å². The smallest absolute Gasteiger partial charge is 0.323 e. The van der Waals surface area contributed by atoms with Crippen LogP contribution in [-0.4, -0.2) is 20.7 Å². The van der Waals surface area contributed by atoms with Crippen molar-refractivity contribution in [3.8, 4) is 11.5 Å². The Morgan fingerprint density at radius 1 is 0.714 bits per heavy atom. The molecular formula is C20H19N3O4S. The van der Waals surface area contributed by atoms with Crippen molar-refractivity contribution < 1.29 is 17.9 Å². The first kappa shape index (κ1) is 19.2. The van der Waals surface area contributed by atoms with E-state index in [1.807, 2.05) is 30.3 Å². The van der Waals surface area contributed by atoms with E-state index in [1.54, 1.807) is 48.5 Å². The van der Waals surface area contributed by atoms with Gasteiger partial charge in [-0.05, 0) is 60.7 Å². The van der Waals surface area contributed by atoms with Gasteiger partial charge in [-0.1, -0.05) is 18.2 Å². The molecule has 3 rings (SSSR count). The molecule has 0 fully saturated rings. The highest BCUT2D eigenvalue weighted by atomic mass is 32.2. The number of benzene rings is 3. The van der Waals surface area contributed by atoms with Gasteiger partial charge in [0.15, 0.2) is 0 Å². The third kappa shape index (κ3) is 6.03. The summed E-state index contributed by atoms with van der Waals surface area (Å²) in [6, 6.07) is 22.3. The first-order valence-corrected chi connectivity index (χ1v) is 10.3. The van der Waals surface area contributed by atoms with Gasteiger partial charge in [-0.25, -0.2) is 13.2 Å². The molecule has 0 aliphatic carbocycles. The predicted octanol–water partition coefficient (Wildman–Crippen LogP) is 4.49. The maximum Gasteiger partial charge on any atom is 0.323 e. The molecule has 0 unspecified atom stereocenters. The Morgan fingerprint density at radius 3 is 1.71 bits per heavy atom. The SMILES string of the molecule is CS(=O)(=O)Nc1ccc(NC(=O)Nc2ccc(Oc3ccccc3)cc2)cc1. The molecule has 0 spiro atoms. The minimum absolute atomic E-state index is 0.416. The van der Waals surface area contributed by atoms with Gasteiger partial charge >= 0.3 is 6.03 Å². The van der Waals surface area contributed by atoms with E-state index in [2.05, 4.69) is 15.4 Å². The fraction of sp³-hybridized carbons (Fsp3) is 0.0500. The van der Waals surface area contributed by atoms with Gasteiger partial charge in [0, 0.05) is 17.1 Å². The van der Waals surface area contributed by atoms with Crippen LogP contribution >= 0.6 is 0 Å². The number of ether oxygens (including phenoxy) is 1. The first-order chi connectivity index (χ1) is 13.4. The van der Waals surface area contributed by atoms with Crippen LogP contribution in [0.5, 0.6) is 11.5 Å². The van der Waals surface area contributed by atoms with E-state index in [0.29, 0.717) is 22.8 Å². The number of hydrogen-bond donors (Lipinski definition) is 3. The van der Waals surface area contributed by atoms with Gasteiger partial charge < -0.3 is 15.4 Å². The second-order valence-corrected chi connectivity index (χ2v) is 7.72. The number of para-hydroxylation sites is 1. The Balaban J connectivity index is 1.54. The molecule has 8 heteroatoms. The van der Waals surface area contributed by atoms with E-state index < -0.39 is 16.1 Å². The zero-order chi connectivity index (χ0) is 20.0. The lowest BCUT2D eigenvalue weighted by atomic mass is 10.3. The van der Waals surface area contributed by atoms with Crippen molar-refractivity contribution >= 4 is 33.1 Å². The largest absolute Gasteiger partial charge is 0.457 e. The Labute approximate surface area is 163 Å². The number of carbonyl (C=O) groups is 1. The molecule has 3 aromatic carbocycles. The molecule has 0 saturated carbocycles. The molecule has 0 aromatic heterocycles. The van der Waals surface area contributed by atoms with E-state index in [0.717, 1.165) is 12.0 Å². The highest BCUT2D eigenvalue weighted by Gasteiger charge is 2.05. The summed E-state index contributed by atoms with van der Waals surface area (Å²) < 4.78 is 30.4. The van der Waals surface area contributed by atoms with Crippen molar-refractivity contribution in [2.24, 2.45) is 0 Å². The van der Waals surface area contributed by atoms with Crippen LogP contribution in [0.1, 0.15) is 0 Å². The fourth-order valence-corrected chi connectivity index (χ4v) is 2.92. The van der Waals surface area contributed by atoms with Crippen LogP contribution in [0, 0.1) is 0 Å². The molecule has 0 saturated heterocycles. The number of carbonyl (C=O) groups excluding carboxylic acids is 1. The number of amides is 2. The summed E-state index contributed by atoms with van der Waals surface area (Å²) in [5.74, 6) is 1.39. The van der Waals surface area contributed by atoms with Crippen LogP contribution in [0.25, 0.3) is 0 Å². The number of anilines is 3. The van der Waals surface area contributed by atoms with Gasteiger partial charge in [-0.2, -0.15) is 0 Å². The van der Waals surface area contributed by atoms with Gasteiger partial charge in [0.1, 0.15) is 11.5 Å². The van der Waals surface area contributed by atoms with Gasteiger partial charge in [-0.3, -0.25) is 4.72 Å². The minimum Gasteiger partial charge on any atom is -0.457 e. The van der Waals surface area contributed by atoms with Crippen LogP contribution in [0.3, 0.4) is 0 Å². The summed E-state index contributed by atoms with van der Waals surface area (Å²) in [5, 5.41) is 5.39. The van der Waals surface area contributed by atoms with E-state index in [4.69, 9.17) is 4.74 Å². The Morgan fingerprint density at radius 2 is 1.18 bits per heavy atom. The fourth-order valence-electron chi connectivity index (χ4n) is 2.36. The molecule has 3 N–H and O–H groups in total. The summed E-state index contributed by atoms with van der Waals surface area (Å²) >= 11 is 0. The van der Waals surface area contributed by atoms with Crippen molar-refractivity contribution in [3.63, 3.8) is 0 Å². The first-order valence-electron chi connectivity index (χ1n) is 8.36. The second-order valence-electron chi connectivity index (χ2n) is 5.97. The molecule has 0 heterocycles. The van der Waals surface area contributed by atoms with E-state index in [9.17, 15) is 13.2 Å². The molecule has 0 aliphatic heterocycles. The maximum absolute atomic E-state index is 12.1. The molecule has 0 aliphatic rings. The van der Waals surface area contributed by atoms with Gasteiger partial charge in [-0.15, -0.1) is 0 Å². The number of rotatable bonds is 6. The summed E-state index contributed by atoms with van der Waals surface area (Å²) in [5.41, 5.74) is 1.55. The van der Waals surface area contributed by atoms with E-state index >= 15 is 0 Å². The zero-order valence-corrected chi connectivity index (χ0v) is 15.9. The van der Waals surface area contributed by atoms with Crippen molar-refractivity contribution in [2.45, 2.75) is 0 Å². The van der Waals surface area contributed by atoms with Crippen LogP contribution in [-0.2, 0) is 10.0 Å². The molecule has 144 valence electrons. The molecule has 3 aromatic rings. The number of hydrogen-bond acceptors (Lipinski definition) is 4. The molecule has 0 radical (unpaired) electrons. The van der Waals surface area contributed by atoms with Gasteiger partial charge in [0.25, 0.3) is 0 Å². The van der Waals surface area contributed by atoms with Crippen molar-refractivity contribution in [3.05, 3.63) is 78.9 Å². The van der Waals surface area contributed by atoms with Crippen LogP contribution < -0.4 is 20.1 Å². The number of sulfonamides is 1. The highest BCUT2D eigenvalue weighted by Crippen LogP contribution is 2.23. The molecule has 28 heavy (non-hydrogen) atoms. The van der Waals surface area contributed by atoms with Crippen LogP contribution in [0.15, 0.2) is 78.9 Å². The number of nitrogens with one attached hydrogen (secondary N) is 3. The minimum atomic E-state index is -3.34. The second kappa shape index (κ2) is 8.45. The summed E-state index contributed by atoms with van der Waals surface area (Å²) in [6.07, 6.45) is 1.07. The molecule has 7 nitrogen and oxygen atoms in total. The average Bonchev–Trinajstić information content (AvgIpc) is 2.65. The van der Waals surface area contributed by atoms with E-state index in [1.165, 1.54) is 0 Å². The quantitative estimate of drug-likeness (QED) is 0.571. The third-order valence-electron chi connectivity index (χ3n) is 3.54. The molecule has 0 atom stereocenters. The van der Waals surface area contributed by atoms with Crippen molar-refractivity contribution in [2.75, 3.05) is 21.6 Å². The standard InChI is InChI=1S/C20H19N3O4S/c1-28(25,26)23-17-9-7-15(8-10-17)21-20(24)22-16-11-13-19(14-12-16)27-18-5-3-2-4-6-18/h2-14,23H,1H3,(H2,21,22,24). The Kier molecular flexibility index (Phi) is 5.81. The summed E-state index contributed by atoms with van der Waals surface area (Å²) in [6.45, 7) is 0. The lowest BCUT2D eigenvalue weighted by molar-refractivity contribution is 0.262. The zero-order valence-electron chi connectivity index (χ0n) is 15.0. The highest BCUT2D eigenvalue weighted by molar-refractivity contribution is 7.92.